The standard InChI is InChI=1S/C31H44F2O.C23H28F2O/c1-6-8-9-10-12-23(5)34-31-21(3)19-26(20-22(31)4)28-18-17-27(29(32)30(28)33)25-15-13-24(11-7-2)14-16-25;1-4-5-16-6-8-17(9-7-16)19-10-11-20(22(25)21(19)24)18-12-14(2)23(26)15(3)13-18/h17-20,23-25H,6-16H2,1-5H3;10-13,16-17,26H,4-9H2,1-3H3. The molecular weight excluding hydrogens is 757 g/mol. The Morgan fingerprint density at radius 3 is 1.37 bits per heavy atom. The molecule has 1 N–H and O–H groups in total. The third kappa shape index (κ3) is 11.8. The smallest absolute Gasteiger partial charge is 0.166 e. The summed E-state index contributed by atoms with van der Waals surface area (Å²) < 4.78 is 66.4. The molecule has 328 valence electrons. The van der Waals surface area contributed by atoms with E-state index in [0.29, 0.717) is 38.9 Å². The first-order valence-corrected chi connectivity index (χ1v) is 23.3. The molecule has 4 aromatic rings. The van der Waals surface area contributed by atoms with Gasteiger partial charge < -0.3 is 9.84 Å². The van der Waals surface area contributed by atoms with Gasteiger partial charge in [-0.1, -0.05) is 90.0 Å². The van der Waals surface area contributed by atoms with E-state index in [1.165, 1.54) is 51.4 Å². The van der Waals surface area contributed by atoms with Crippen LogP contribution in [0, 0.1) is 62.8 Å². The zero-order valence-electron chi connectivity index (χ0n) is 37.9. The molecule has 0 saturated heterocycles. The van der Waals surface area contributed by atoms with E-state index in [1.54, 1.807) is 44.2 Å². The van der Waals surface area contributed by atoms with Gasteiger partial charge >= 0.3 is 0 Å². The van der Waals surface area contributed by atoms with Crippen LogP contribution in [-0.4, -0.2) is 11.2 Å². The van der Waals surface area contributed by atoms with Crippen LogP contribution in [0.5, 0.6) is 11.5 Å². The third-order valence-corrected chi connectivity index (χ3v) is 13.5. The van der Waals surface area contributed by atoms with Crippen molar-refractivity contribution in [3.63, 3.8) is 0 Å². The minimum atomic E-state index is -0.775. The molecule has 2 aliphatic carbocycles. The quantitative estimate of drug-likeness (QED) is 0.0955. The van der Waals surface area contributed by atoms with Crippen molar-refractivity contribution in [1.29, 1.82) is 0 Å². The van der Waals surface area contributed by atoms with Crippen molar-refractivity contribution in [3.8, 4) is 33.8 Å². The van der Waals surface area contributed by atoms with Gasteiger partial charge in [0.25, 0.3) is 0 Å². The lowest BCUT2D eigenvalue weighted by molar-refractivity contribution is 0.203. The van der Waals surface area contributed by atoms with Crippen molar-refractivity contribution in [1.82, 2.24) is 0 Å². The Morgan fingerprint density at radius 1 is 0.550 bits per heavy atom. The fraction of sp³-hybridized carbons (Fsp3) is 0.556. The number of hydrogen-bond acceptors (Lipinski definition) is 2. The van der Waals surface area contributed by atoms with Crippen LogP contribution >= 0.6 is 0 Å². The van der Waals surface area contributed by atoms with Gasteiger partial charge in [0.2, 0.25) is 0 Å². The summed E-state index contributed by atoms with van der Waals surface area (Å²) in [5.41, 5.74) is 6.26. The maximum absolute atomic E-state index is 15.3. The van der Waals surface area contributed by atoms with Crippen LogP contribution < -0.4 is 4.74 Å². The van der Waals surface area contributed by atoms with Crippen LogP contribution in [0.1, 0.15) is 182 Å². The molecule has 0 amide bonds. The van der Waals surface area contributed by atoms with Gasteiger partial charge in [0.1, 0.15) is 11.5 Å². The number of halogens is 4. The van der Waals surface area contributed by atoms with Crippen LogP contribution in [0.25, 0.3) is 22.3 Å². The normalized spacial score (nSPS) is 19.7. The summed E-state index contributed by atoms with van der Waals surface area (Å²) >= 11 is 0. The molecule has 2 aliphatic rings. The Bertz CT molecular complexity index is 1960. The summed E-state index contributed by atoms with van der Waals surface area (Å²) in [6.45, 7) is 16.3. The lowest BCUT2D eigenvalue weighted by atomic mass is 9.77. The van der Waals surface area contributed by atoms with Gasteiger partial charge in [-0.2, -0.15) is 0 Å². The van der Waals surface area contributed by atoms with Crippen LogP contribution in [0.3, 0.4) is 0 Å². The molecule has 4 aromatic carbocycles. The van der Waals surface area contributed by atoms with Gasteiger partial charge in [0, 0.05) is 11.1 Å². The van der Waals surface area contributed by atoms with Gasteiger partial charge in [-0.25, -0.2) is 17.6 Å². The molecular formula is C54H72F4O2. The summed E-state index contributed by atoms with van der Waals surface area (Å²) in [7, 11) is 0. The highest BCUT2D eigenvalue weighted by molar-refractivity contribution is 5.69. The van der Waals surface area contributed by atoms with Crippen molar-refractivity contribution >= 4 is 0 Å². The maximum Gasteiger partial charge on any atom is 0.166 e. The third-order valence-electron chi connectivity index (χ3n) is 13.5. The molecule has 0 bridgehead atoms. The van der Waals surface area contributed by atoms with E-state index in [9.17, 15) is 13.9 Å². The number of ether oxygens (including phenoxy) is 1. The maximum atomic E-state index is 15.3. The molecule has 2 fully saturated rings. The van der Waals surface area contributed by atoms with E-state index in [-0.39, 0.29) is 29.3 Å². The zero-order valence-corrected chi connectivity index (χ0v) is 37.9. The second-order valence-electron chi connectivity index (χ2n) is 18.3. The Labute approximate surface area is 359 Å². The summed E-state index contributed by atoms with van der Waals surface area (Å²) in [5.74, 6) is -0.0383. The molecule has 6 rings (SSSR count). The fourth-order valence-electron chi connectivity index (χ4n) is 10.1. The number of aryl methyl sites for hydroxylation is 4. The van der Waals surface area contributed by atoms with Gasteiger partial charge in [-0.05, 0) is 191 Å². The second-order valence-corrected chi connectivity index (χ2v) is 18.3. The van der Waals surface area contributed by atoms with E-state index in [4.69, 9.17) is 4.74 Å². The summed E-state index contributed by atoms with van der Waals surface area (Å²) in [4.78, 5) is 0. The van der Waals surface area contributed by atoms with Gasteiger partial charge in [-0.15, -0.1) is 0 Å². The molecule has 1 atom stereocenters. The van der Waals surface area contributed by atoms with E-state index in [0.717, 1.165) is 86.5 Å². The lowest BCUT2D eigenvalue weighted by Crippen LogP contribution is -2.15. The van der Waals surface area contributed by atoms with Gasteiger partial charge in [0.05, 0.1) is 6.10 Å². The molecule has 0 aromatic heterocycles. The SMILES string of the molecule is CCCC1CCC(c2ccc(-c3cc(C)c(O)c(C)c3)c(F)c2F)CC1.CCCCCCC(C)Oc1c(C)cc(-c2ccc(C3CCC(CCC)CC3)c(F)c2F)cc1C. The molecule has 1 unspecified atom stereocenters. The van der Waals surface area contributed by atoms with Gasteiger partial charge in [0.15, 0.2) is 23.3 Å². The first-order valence-electron chi connectivity index (χ1n) is 23.3. The van der Waals surface area contributed by atoms with Crippen LogP contribution in [0.2, 0.25) is 0 Å². The number of aromatic hydroxyl groups is 1. The highest BCUT2D eigenvalue weighted by Crippen LogP contribution is 2.42. The van der Waals surface area contributed by atoms with E-state index < -0.39 is 23.3 Å². The van der Waals surface area contributed by atoms with Crippen molar-refractivity contribution < 1.29 is 27.4 Å². The van der Waals surface area contributed by atoms with E-state index in [1.807, 2.05) is 32.0 Å². The number of rotatable bonds is 15. The topological polar surface area (TPSA) is 29.5 Å². The lowest BCUT2D eigenvalue weighted by Gasteiger charge is -2.29. The van der Waals surface area contributed by atoms with Gasteiger partial charge in [-0.3, -0.25) is 0 Å². The highest BCUT2D eigenvalue weighted by atomic mass is 19.2. The van der Waals surface area contributed by atoms with Crippen molar-refractivity contribution in [2.75, 3.05) is 0 Å². The minimum Gasteiger partial charge on any atom is -0.507 e. The largest absolute Gasteiger partial charge is 0.507 e. The molecule has 0 heterocycles. The average Bonchev–Trinajstić information content (AvgIpc) is 3.23. The Hall–Kier alpha value is -3.80. The molecule has 60 heavy (non-hydrogen) atoms. The van der Waals surface area contributed by atoms with E-state index >= 15 is 8.78 Å². The molecule has 0 spiro atoms. The predicted octanol–water partition coefficient (Wildman–Crippen LogP) is 17.1. The fourth-order valence-corrected chi connectivity index (χ4v) is 10.1. The van der Waals surface area contributed by atoms with Crippen molar-refractivity contribution in [2.24, 2.45) is 11.8 Å². The van der Waals surface area contributed by atoms with Crippen LogP contribution in [-0.2, 0) is 0 Å². The molecule has 0 radical (unpaired) electrons. The summed E-state index contributed by atoms with van der Waals surface area (Å²) in [5, 5.41) is 9.91. The summed E-state index contributed by atoms with van der Waals surface area (Å²) in [6, 6.07) is 14.3. The average molecular weight is 829 g/mol. The molecule has 0 aliphatic heterocycles. The van der Waals surface area contributed by atoms with Crippen molar-refractivity contribution in [3.05, 3.63) is 105 Å². The Kier molecular flexibility index (Phi) is 17.6. The minimum absolute atomic E-state index is 0.120. The molecule has 2 saturated carbocycles. The number of hydrogen-bond donors (Lipinski definition) is 1. The summed E-state index contributed by atoms with van der Waals surface area (Å²) in [6.07, 6.45) is 19.2. The zero-order chi connectivity index (χ0) is 43.5. The first kappa shape index (κ1) is 47.3. The van der Waals surface area contributed by atoms with E-state index in [2.05, 4.69) is 27.7 Å². The number of phenols is 1. The monoisotopic (exact) mass is 829 g/mol. The highest BCUT2D eigenvalue weighted by Gasteiger charge is 2.28. The van der Waals surface area contributed by atoms with Crippen LogP contribution in [0.4, 0.5) is 17.6 Å². The second kappa shape index (κ2) is 22.3. The number of unbranched alkanes of at least 4 members (excludes halogenated alkanes) is 3. The predicted molar refractivity (Wildman–Crippen MR) is 242 cm³/mol. The first-order chi connectivity index (χ1) is 28.8. The number of benzene rings is 4. The Morgan fingerprint density at radius 2 is 0.967 bits per heavy atom. The van der Waals surface area contributed by atoms with Crippen LogP contribution in [0.15, 0.2) is 48.5 Å². The number of phenolic OH excluding ortho intramolecular Hbond substituents is 1. The molecule has 2 nitrogen and oxygen atoms in total. The Balaban J connectivity index is 0.000000236. The van der Waals surface area contributed by atoms with Crippen molar-refractivity contribution in [2.45, 2.75) is 182 Å². The molecule has 6 heteroatoms.